The molecule has 1 amide bonds. The van der Waals surface area contributed by atoms with E-state index in [1.807, 2.05) is 0 Å². The van der Waals surface area contributed by atoms with Gasteiger partial charge in [0, 0.05) is 11.0 Å². The highest BCUT2D eigenvalue weighted by Gasteiger charge is 2.14. The number of aromatic amines is 1. The van der Waals surface area contributed by atoms with Crippen LogP contribution >= 0.6 is 18.7 Å². The van der Waals surface area contributed by atoms with Crippen LogP contribution in [0.15, 0.2) is 36.8 Å². The number of imidazole rings is 1. The number of halogens is 1. The zero-order chi connectivity index (χ0) is 19.6. The van der Waals surface area contributed by atoms with Gasteiger partial charge < -0.3 is 25.9 Å². The van der Waals surface area contributed by atoms with Crippen LogP contribution in [0.1, 0.15) is 10.5 Å². The molecule has 3 rings (SSSR count). The third kappa shape index (κ3) is 4.45. The predicted molar refractivity (Wildman–Crippen MR) is 106 cm³/mol. The third-order valence-corrected chi connectivity index (χ3v) is 5.43. The number of hydrogen-bond donors (Lipinski definition) is 4. The van der Waals surface area contributed by atoms with Gasteiger partial charge in [-0.25, -0.2) is 9.97 Å². The molecule has 5 N–H and O–H groups in total. The SMILES string of the molecule is CP(C)(=O)c1ccc(Nc2ncc(Cl)c(Nc3nc[nH]c3C(N)=O)n2)cc1. The maximum Gasteiger partial charge on any atom is 0.269 e. The minimum atomic E-state index is -2.31. The number of H-pyrrole nitrogens is 1. The summed E-state index contributed by atoms with van der Waals surface area (Å²) < 4.78 is 12.1. The molecular formula is C16H17ClN7O2P. The van der Waals surface area contributed by atoms with Gasteiger partial charge in [0.25, 0.3) is 5.91 Å². The van der Waals surface area contributed by atoms with Gasteiger partial charge in [-0.15, -0.1) is 0 Å². The summed E-state index contributed by atoms with van der Waals surface area (Å²) in [5.74, 6) is 0.0804. The fourth-order valence-electron chi connectivity index (χ4n) is 2.24. The van der Waals surface area contributed by atoms with Crippen molar-refractivity contribution >= 4 is 53.2 Å². The number of primary amides is 1. The Labute approximate surface area is 160 Å². The topological polar surface area (TPSA) is 139 Å². The van der Waals surface area contributed by atoms with E-state index in [-0.39, 0.29) is 28.3 Å². The van der Waals surface area contributed by atoms with Gasteiger partial charge in [-0.3, -0.25) is 4.79 Å². The van der Waals surface area contributed by atoms with Crippen LogP contribution in [0, 0.1) is 0 Å². The van der Waals surface area contributed by atoms with Crippen molar-refractivity contribution in [3.8, 4) is 0 Å². The van der Waals surface area contributed by atoms with Crippen molar-refractivity contribution in [2.75, 3.05) is 24.0 Å². The van der Waals surface area contributed by atoms with Gasteiger partial charge in [-0.1, -0.05) is 11.6 Å². The van der Waals surface area contributed by atoms with Crippen molar-refractivity contribution in [3.05, 3.63) is 47.5 Å². The van der Waals surface area contributed by atoms with Gasteiger partial charge in [0.15, 0.2) is 11.6 Å². The molecule has 0 fully saturated rings. The number of amides is 1. The molecular weight excluding hydrogens is 389 g/mol. The van der Waals surface area contributed by atoms with Crippen LogP contribution in [-0.4, -0.2) is 39.2 Å². The van der Waals surface area contributed by atoms with E-state index < -0.39 is 13.0 Å². The lowest BCUT2D eigenvalue weighted by Crippen LogP contribution is -2.14. The molecule has 9 nitrogen and oxygen atoms in total. The normalized spacial score (nSPS) is 11.2. The first-order chi connectivity index (χ1) is 12.7. The van der Waals surface area contributed by atoms with Crippen molar-refractivity contribution in [1.29, 1.82) is 0 Å². The molecule has 0 bridgehead atoms. The number of hydrogen-bond acceptors (Lipinski definition) is 7. The summed E-state index contributed by atoms with van der Waals surface area (Å²) >= 11 is 6.12. The molecule has 1 aromatic carbocycles. The Balaban J connectivity index is 1.82. The Morgan fingerprint density at radius 3 is 2.48 bits per heavy atom. The number of benzene rings is 1. The zero-order valence-corrected chi connectivity index (χ0v) is 16.2. The highest BCUT2D eigenvalue weighted by Crippen LogP contribution is 2.34. The summed E-state index contributed by atoms with van der Waals surface area (Å²) in [7, 11) is -2.31. The minimum absolute atomic E-state index is 0.110. The van der Waals surface area contributed by atoms with Crippen molar-refractivity contribution in [2.45, 2.75) is 0 Å². The van der Waals surface area contributed by atoms with E-state index >= 15 is 0 Å². The molecule has 0 unspecified atom stereocenters. The van der Waals surface area contributed by atoms with Gasteiger partial charge in [0.2, 0.25) is 5.95 Å². The number of nitrogens with zero attached hydrogens (tertiary/aromatic N) is 3. The molecule has 2 aromatic heterocycles. The summed E-state index contributed by atoms with van der Waals surface area (Å²) in [6, 6.07) is 7.17. The Morgan fingerprint density at radius 2 is 1.85 bits per heavy atom. The second-order valence-corrected chi connectivity index (χ2v) is 9.65. The summed E-state index contributed by atoms with van der Waals surface area (Å²) in [5, 5.41) is 6.92. The highest BCUT2D eigenvalue weighted by atomic mass is 35.5. The number of nitrogens with two attached hydrogens (primary N) is 1. The fourth-order valence-corrected chi connectivity index (χ4v) is 3.24. The molecule has 0 spiro atoms. The molecule has 0 radical (unpaired) electrons. The van der Waals surface area contributed by atoms with Crippen molar-refractivity contribution in [3.63, 3.8) is 0 Å². The number of carbonyl (C=O) groups is 1. The number of aromatic nitrogens is 4. The van der Waals surface area contributed by atoms with Gasteiger partial charge in [-0.05, 0) is 37.6 Å². The van der Waals surface area contributed by atoms with Crippen molar-refractivity contribution in [1.82, 2.24) is 19.9 Å². The molecule has 27 heavy (non-hydrogen) atoms. The lowest BCUT2D eigenvalue weighted by Gasteiger charge is -2.11. The lowest BCUT2D eigenvalue weighted by molar-refractivity contribution is 0.0997. The van der Waals surface area contributed by atoms with Gasteiger partial charge >= 0.3 is 0 Å². The molecule has 0 aliphatic rings. The van der Waals surface area contributed by atoms with Crippen LogP contribution in [0.2, 0.25) is 5.02 Å². The number of anilines is 4. The maximum absolute atomic E-state index is 12.1. The van der Waals surface area contributed by atoms with Crippen molar-refractivity contribution in [2.24, 2.45) is 5.73 Å². The average Bonchev–Trinajstić information content (AvgIpc) is 3.06. The average molecular weight is 406 g/mol. The fraction of sp³-hybridized carbons (Fsp3) is 0.125. The van der Waals surface area contributed by atoms with E-state index in [9.17, 15) is 9.36 Å². The summed E-state index contributed by atoms with van der Waals surface area (Å²) in [4.78, 5) is 26.4. The second-order valence-electron chi connectivity index (χ2n) is 6.03. The third-order valence-electron chi connectivity index (χ3n) is 3.61. The molecule has 3 aromatic rings. The molecule has 0 saturated carbocycles. The van der Waals surface area contributed by atoms with Crippen LogP contribution in [0.5, 0.6) is 0 Å². The smallest absolute Gasteiger partial charge is 0.269 e. The molecule has 0 atom stereocenters. The zero-order valence-electron chi connectivity index (χ0n) is 14.5. The van der Waals surface area contributed by atoms with E-state index in [1.54, 1.807) is 37.6 Å². The lowest BCUT2D eigenvalue weighted by atomic mass is 10.3. The number of carbonyl (C=O) groups excluding carboxylic acids is 1. The van der Waals surface area contributed by atoms with Crippen molar-refractivity contribution < 1.29 is 9.36 Å². The molecule has 2 heterocycles. The van der Waals surface area contributed by atoms with Gasteiger partial charge in [-0.2, -0.15) is 4.98 Å². The van der Waals surface area contributed by atoms with E-state index in [0.29, 0.717) is 0 Å². The van der Waals surface area contributed by atoms with Crippen LogP contribution < -0.4 is 21.7 Å². The van der Waals surface area contributed by atoms with E-state index in [2.05, 4.69) is 30.6 Å². The maximum atomic E-state index is 12.1. The van der Waals surface area contributed by atoms with E-state index in [0.717, 1.165) is 11.0 Å². The first-order valence-electron chi connectivity index (χ1n) is 7.79. The summed E-state index contributed by atoms with van der Waals surface area (Å²) in [5.41, 5.74) is 6.11. The van der Waals surface area contributed by atoms with Crippen LogP contribution in [0.25, 0.3) is 0 Å². The van der Waals surface area contributed by atoms with Gasteiger partial charge in [0.1, 0.15) is 17.9 Å². The number of rotatable bonds is 6. The molecule has 11 heteroatoms. The highest BCUT2D eigenvalue weighted by molar-refractivity contribution is 7.70. The quantitative estimate of drug-likeness (QED) is 0.462. The molecule has 140 valence electrons. The van der Waals surface area contributed by atoms with Crippen LogP contribution in [0.3, 0.4) is 0 Å². The Kier molecular flexibility index (Phi) is 5.16. The standard InChI is InChI=1S/C16H17ClN7O2P/c1-27(2,26)10-5-3-9(4-6-10)22-16-19-7-11(17)14(24-16)23-15-12(13(18)25)20-8-21-15/h3-8H,1-2H3,(H2,18,25)(H,20,21)(H2,19,22,23,24). The predicted octanol–water partition coefficient (Wildman–Crippen LogP) is 2.69. The Morgan fingerprint density at radius 1 is 1.15 bits per heavy atom. The first kappa shape index (κ1) is 18.9. The minimum Gasteiger partial charge on any atom is -0.364 e. The van der Waals surface area contributed by atoms with E-state index in [1.165, 1.54) is 12.5 Å². The number of nitrogens with one attached hydrogen (secondary N) is 3. The van der Waals surface area contributed by atoms with Crippen LogP contribution in [-0.2, 0) is 4.57 Å². The largest absolute Gasteiger partial charge is 0.364 e. The van der Waals surface area contributed by atoms with E-state index in [4.69, 9.17) is 17.3 Å². The first-order valence-corrected chi connectivity index (χ1v) is 10.8. The Bertz CT molecular complexity index is 1030. The molecule has 0 saturated heterocycles. The molecule has 0 aliphatic carbocycles. The van der Waals surface area contributed by atoms with Crippen LogP contribution in [0.4, 0.5) is 23.3 Å². The monoisotopic (exact) mass is 405 g/mol. The van der Waals surface area contributed by atoms with Gasteiger partial charge in [0.05, 0.1) is 12.5 Å². The Hall–Kier alpha value is -2.90. The summed E-state index contributed by atoms with van der Waals surface area (Å²) in [6.07, 6.45) is 2.74. The molecule has 0 aliphatic heterocycles. The second kappa shape index (κ2) is 7.38. The summed E-state index contributed by atoms with van der Waals surface area (Å²) in [6.45, 7) is 3.43.